The van der Waals surface area contributed by atoms with E-state index in [1.165, 1.54) is 0 Å². The molecule has 1 aromatic heterocycles. The fourth-order valence-electron chi connectivity index (χ4n) is 4.15. The summed E-state index contributed by atoms with van der Waals surface area (Å²) in [5.41, 5.74) is 8.17. The zero-order valence-electron chi connectivity index (χ0n) is 18.9. The lowest BCUT2D eigenvalue weighted by Crippen LogP contribution is -1.97. The highest BCUT2D eigenvalue weighted by molar-refractivity contribution is 6.09. The largest absolute Gasteiger partial charge is 0.455 e. The van der Waals surface area contributed by atoms with Gasteiger partial charge in [-0.15, -0.1) is 0 Å². The van der Waals surface area contributed by atoms with Gasteiger partial charge in [0.2, 0.25) is 0 Å². The SMILES string of the molecule is C=C/C=C\c1ccccc1/C=C(\C=C)Nc1ccc(-c2cccc3c2oc2ccccc23)cc1. The lowest BCUT2D eigenvalue weighted by Gasteiger charge is -2.10. The summed E-state index contributed by atoms with van der Waals surface area (Å²) in [4.78, 5) is 0. The molecular formula is C32H25NO. The molecule has 0 amide bonds. The zero-order chi connectivity index (χ0) is 23.3. The van der Waals surface area contributed by atoms with Crippen LogP contribution in [0.5, 0.6) is 0 Å². The number of furan rings is 1. The van der Waals surface area contributed by atoms with E-state index in [0.29, 0.717) is 0 Å². The molecule has 5 aromatic rings. The van der Waals surface area contributed by atoms with E-state index in [9.17, 15) is 0 Å². The maximum Gasteiger partial charge on any atom is 0.143 e. The number of nitrogens with one attached hydrogen (secondary N) is 1. The summed E-state index contributed by atoms with van der Waals surface area (Å²) in [5.74, 6) is 0. The van der Waals surface area contributed by atoms with Gasteiger partial charge in [-0.1, -0.05) is 104 Å². The van der Waals surface area contributed by atoms with Gasteiger partial charge in [-0.2, -0.15) is 0 Å². The van der Waals surface area contributed by atoms with Crippen molar-refractivity contribution in [1.82, 2.24) is 0 Å². The minimum Gasteiger partial charge on any atom is -0.455 e. The third kappa shape index (κ3) is 4.22. The van der Waals surface area contributed by atoms with Crippen LogP contribution in [0.2, 0.25) is 0 Å². The Bertz CT molecular complexity index is 1550. The average Bonchev–Trinajstić information content (AvgIpc) is 3.27. The van der Waals surface area contributed by atoms with Crippen LogP contribution >= 0.6 is 0 Å². The monoisotopic (exact) mass is 439 g/mol. The first-order valence-electron chi connectivity index (χ1n) is 11.3. The van der Waals surface area contributed by atoms with E-state index in [1.54, 1.807) is 6.08 Å². The van der Waals surface area contributed by atoms with Crippen molar-refractivity contribution in [3.8, 4) is 11.1 Å². The third-order valence-corrected chi connectivity index (χ3v) is 5.83. The minimum atomic E-state index is 0.909. The molecule has 2 nitrogen and oxygen atoms in total. The molecule has 0 aliphatic carbocycles. The van der Waals surface area contributed by atoms with Crippen LogP contribution in [0.3, 0.4) is 0 Å². The van der Waals surface area contributed by atoms with Crippen molar-refractivity contribution >= 4 is 39.8 Å². The second-order valence-corrected chi connectivity index (χ2v) is 8.01. The maximum atomic E-state index is 6.21. The highest BCUT2D eigenvalue weighted by Gasteiger charge is 2.11. The van der Waals surface area contributed by atoms with E-state index >= 15 is 0 Å². The Hall–Kier alpha value is -4.56. The number of hydrogen-bond donors (Lipinski definition) is 1. The van der Waals surface area contributed by atoms with Crippen molar-refractivity contribution < 1.29 is 4.42 Å². The molecule has 0 bridgehead atoms. The molecule has 0 saturated carbocycles. The summed E-state index contributed by atoms with van der Waals surface area (Å²) in [6.45, 7) is 7.75. The Labute approximate surface area is 199 Å². The number of hydrogen-bond acceptors (Lipinski definition) is 2. The summed E-state index contributed by atoms with van der Waals surface area (Å²) in [6, 6.07) is 31.1. The molecule has 0 atom stereocenters. The van der Waals surface area contributed by atoms with E-state index in [-0.39, 0.29) is 0 Å². The fraction of sp³-hybridized carbons (Fsp3) is 0. The third-order valence-electron chi connectivity index (χ3n) is 5.83. The molecule has 0 radical (unpaired) electrons. The van der Waals surface area contributed by atoms with Crippen LogP contribution in [0.15, 0.2) is 132 Å². The molecule has 1 heterocycles. The zero-order valence-corrected chi connectivity index (χ0v) is 18.9. The summed E-state index contributed by atoms with van der Waals surface area (Å²) >= 11 is 0. The quantitative estimate of drug-likeness (QED) is 0.256. The Morgan fingerprint density at radius 1 is 0.735 bits per heavy atom. The van der Waals surface area contributed by atoms with Gasteiger partial charge >= 0.3 is 0 Å². The summed E-state index contributed by atoms with van der Waals surface area (Å²) in [5, 5.41) is 5.75. The molecular weight excluding hydrogens is 414 g/mol. The Morgan fingerprint density at radius 2 is 1.47 bits per heavy atom. The second kappa shape index (κ2) is 9.51. The van der Waals surface area contributed by atoms with Crippen molar-refractivity contribution in [1.29, 1.82) is 0 Å². The molecule has 1 N–H and O–H groups in total. The van der Waals surface area contributed by atoms with Gasteiger partial charge < -0.3 is 9.73 Å². The number of rotatable bonds is 7. The van der Waals surface area contributed by atoms with Crippen LogP contribution in [0.25, 0.3) is 45.2 Å². The van der Waals surface area contributed by atoms with Crippen molar-refractivity contribution in [2.45, 2.75) is 0 Å². The van der Waals surface area contributed by atoms with Gasteiger partial charge in [-0.25, -0.2) is 0 Å². The number of fused-ring (bicyclic) bond motifs is 3. The first-order valence-corrected chi connectivity index (χ1v) is 11.3. The van der Waals surface area contributed by atoms with Gasteiger partial charge in [0.25, 0.3) is 0 Å². The van der Waals surface area contributed by atoms with Gasteiger partial charge in [0.05, 0.1) is 0 Å². The number of anilines is 1. The molecule has 0 spiro atoms. The number of allylic oxidation sites excluding steroid dienone is 3. The van der Waals surface area contributed by atoms with E-state index in [2.05, 4.69) is 85.2 Å². The van der Waals surface area contributed by atoms with Gasteiger partial charge in [0, 0.05) is 27.7 Å². The molecule has 0 saturated heterocycles. The highest BCUT2D eigenvalue weighted by atomic mass is 16.3. The van der Waals surface area contributed by atoms with Gasteiger partial charge in [0.15, 0.2) is 0 Å². The normalized spacial score (nSPS) is 11.8. The van der Waals surface area contributed by atoms with Crippen LogP contribution in [0.4, 0.5) is 5.69 Å². The molecule has 164 valence electrons. The summed E-state index contributed by atoms with van der Waals surface area (Å²) < 4.78 is 6.21. The highest BCUT2D eigenvalue weighted by Crippen LogP contribution is 2.36. The summed E-state index contributed by atoms with van der Waals surface area (Å²) in [6.07, 6.45) is 9.69. The number of para-hydroxylation sites is 2. The fourth-order valence-corrected chi connectivity index (χ4v) is 4.15. The van der Waals surface area contributed by atoms with E-state index in [1.807, 2.05) is 48.6 Å². The van der Waals surface area contributed by atoms with Gasteiger partial charge in [-0.05, 0) is 47.0 Å². The Kier molecular flexibility index (Phi) is 5.96. The predicted molar refractivity (Wildman–Crippen MR) is 147 cm³/mol. The van der Waals surface area contributed by atoms with Crippen LogP contribution in [-0.4, -0.2) is 0 Å². The van der Waals surface area contributed by atoms with Crippen LogP contribution in [0, 0.1) is 0 Å². The van der Waals surface area contributed by atoms with E-state index < -0.39 is 0 Å². The van der Waals surface area contributed by atoms with Crippen molar-refractivity contribution in [2.24, 2.45) is 0 Å². The molecule has 0 unspecified atom stereocenters. The molecule has 0 fully saturated rings. The maximum absolute atomic E-state index is 6.21. The topological polar surface area (TPSA) is 25.2 Å². The molecule has 4 aromatic carbocycles. The standard InChI is InChI=1S/C32H25NO/c1-3-5-11-23-12-6-7-13-25(23)22-26(4-2)33-27-20-18-24(19-21-27)28-15-10-16-30-29-14-8-9-17-31(29)34-32(28)30/h3-22,33H,1-2H2/b11-5-,26-22+. The Morgan fingerprint density at radius 3 is 2.26 bits per heavy atom. The van der Waals surface area contributed by atoms with E-state index in [0.717, 1.165) is 55.6 Å². The van der Waals surface area contributed by atoms with E-state index in [4.69, 9.17) is 4.42 Å². The van der Waals surface area contributed by atoms with Crippen LogP contribution in [0.1, 0.15) is 11.1 Å². The predicted octanol–water partition coefficient (Wildman–Crippen LogP) is 9.09. The first-order chi connectivity index (χ1) is 16.8. The lowest BCUT2D eigenvalue weighted by molar-refractivity contribution is 0.670. The summed E-state index contributed by atoms with van der Waals surface area (Å²) in [7, 11) is 0. The minimum absolute atomic E-state index is 0.909. The molecule has 0 aliphatic rings. The van der Waals surface area contributed by atoms with Gasteiger partial charge in [-0.3, -0.25) is 0 Å². The van der Waals surface area contributed by atoms with Crippen LogP contribution in [-0.2, 0) is 0 Å². The molecule has 0 aliphatic heterocycles. The van der Waals surface area contributed by atoms with Crippen molar-refractivity contribution in [3.05, 3.63) is 139 Å². The van der Waals surface area contributed by atoms with Crippen molar-refractivity contribution in [2.75, 3.05) is 5.32 Å². The second-order valence-electron chi connectivity index (χ2n) is 8.01. The molecule has 2 heteroatoms. The molecule has 5 rings (SSSR count). The first kappa shape index (κ1) is 21.3. The number of benzene rings is 4. The lowest BCUT2D eigenvalue weighted by atomic mass is 10.0. The van der Waals surface area contributed by atoms with Crippen molar-refractivity contribution in [3.63, 3.8) is 0 Å². The smallest absolute Gasteiger partial charge is 0.143 e. The van der Waals surface area contributed by atoms with Gasteiger partial charge in [0.1, 0.15) is 11.2 Å². The Balaban J connectivity index is 1.44. The van der Waals surface area contributed by atoms with Crippen LogP contribution < -0.4 is 5.32 Å². The molecule has 34 heavy (non-hydrogen) atoms. The average molecular weight is 440 g/mol.